The Morgan fingerprint density at radius 2 is 1.65 bits per heavy atom. The van der Waals surface area contributed by atoms with Gasteiger partial charge in [-0.3, -0.25) is 5.10 Å². The number of nitrogens with one attached hydrogen (secondary N) is 1. The minimum absolute atomic E-state index is 0.756. The first kappa shape index (κ1) is 18.9. The summed E-state index contributed by atoms with van der Waals surface area (Å²) in [5.41, 5.74) is 3.95. The van der Waals surface area contributed by atoms with E-state index in [-0.39, 0.29) is 0 Å². The van der Waals surface area contributed by atoms with Crippen molar-refractivity contribution < 1.29 is 0 Å². The molecule has 4 nitrogen and oxygen atoms in total. The minimum Gasteiger partial charge on any atom is -0.276 e. The summed E-state index contributed by atoms with van der Waals surface area (Å²) in [5, 5.41) is 7.92. The van der Waals surface area contributed by atoms with E-state index in [1.165, 1.54) is 11.8 Å². The molecule has 0 fully saturated rings. The number of aromatic nitrogens is 4. The van der Waals surface area contributed by atoms with Crippen LogP contribution in [0.4, 0.5) is 0 Å². The van der Waals surface area contributed by atoms with Crippen LogP contribution in [0.15, 0.2) is 53.9 Å². The van der Waals surface area contributed by atoms with E-state index in [1.54, 1.807) is 6.20 Å². The number of H-pyrrole nitrogens is 1. The van der Waals surface area contributed by atoms with Crippen LogP contribution in [0.25, 0.3) is 22.5 Å². The molecule has 1 aromatic carbocycles. The van der Waals surface area contributed by atoms with Crippen molar-refractivity contribution in [2.45, 2.75) is 32.9 Å². The number of nitrogens with zero attached hydrogens (tertiary/aromatic N) is 3. The van der Waals surface area contributed by atoms with Gasteiger partial charge in [-0.1, -0.05) is 69.8 Å². The highest BCUT2D eigenvalue weighted by Gasteiger charge is 2.11. The number of hydrogen-bond acceptors (Lipinski definition) is 4. The summed E-state index contributed by atoms with van der Waals surface area (Å²) in [6, 6.07) is 12.0. The third-order valence-electron chi connectivity index (χ3n) is 2.80. The third-order valence-corrected chi connectivity index (χ3v) is 3.36. The van der Waals surface area contributed by atoms with Crippen LogP contribution in [0.3, 0.4) is 0 Å². The summed E-state index contributed by atoms with van der Waals surface area (Å²) in [6.07, 6.45) is 5.56. The van der Waals surface area contributed by atoms with Gasteiger partial charge in [-0.15, -0.1) is 0 Å². The van der Waals surface area contributed by atoms with Gasteiger partial charge in [0, 0.05) is 11.8 Å². The molecule has 3 aromatic rings. The second kappa shape index (κ2) is 10.6. The van der Waals surface area contributed by atoms with Crippen LogP contribution in [0, 0.1) is 0 Å². The summed E-state index contributed by atoms with van der Waals surface area (Å²) in [4.78, 5) is 8.69. The van der Waals surface area contributed by atoms with Crippen molar-refractivity contribution in [3.05, 3.63) is 48.8 Å². The van der Waals surface area contributed by atoms with E-state index in [9.17, 15) is 0 Å². The highest BCUT2D eigenvalue weighted by Crippen LogP contribution is 2.29. The molecule has 0 saturated carbocycles. The number of rotatable bonds is 3. The molecule has 0 spiro atoms. The second-order valence-corrected chi connectivity index (χ2v) is 4.73. The zero-order chi connectivity index (χ0) is 17.1. The molecule has 0 aliphatic heterocycles. The van der Waals surface area contributed by atoms with Crippen LogP contribution < -0.4 is 0 Å². The Labute approximate surface area is 142 Å². The normalized spacial score (nSPS) is 9.26. The molecular weight excluding hydrogens is 304 g/mol. The average Bonchev–Trinajstić information content (AvgIpc) is 3.16. The Balaban J connectivity index is 0.000000615. The highest BCUT2D eigenvalue weighted by molar-refractivity contribution is 7.98. The maximum atomic E-state index is 4.50. The Hall–Kier alpha value is -2.14. The van der Waals surface area contributed by atoms with E-state index >= 15 is 0 Å². The number of thioether (sulfide) groups is 1. The smallest absolute Gasteiger partial charge is 0.187 e. The molecular formula is C18H24N4S. The second-order valence-electron chi connectivity index (χ2n) is 3.95. The summed E-state index contributed by atoms with van der Waals surface area (Å²) in [7, 11) is 0. The maximum absolute atomic E-state index is 4.50. The highest BCUT2D eigenvalue weighted by atomic mass is 32.2. The molecule has 0 bridgehead atoms. The first-order chi connectivity index (χ1) is 11.4. The molecule has 1 N–H and O–H groups in total. The van der Waals surface area contributed by atoms with Crippen molar-refractivity contribution in [2.75, 3.05) is 6.26 Å². The van der Waals surface area contributed by atoms with Crippen molar-refractivity contribution in [1.29, 1.82) is 0 Å². The molecule has 2 aromatic heterocycles. The van der Waals surface area contributed by atoms with Gasteiger partial charge in [0.15, 0.2) is 5.16 Å². The summed E-state index contributed by atoms with van der Waals surface area (Å²) >= 11 is 1.53. The SMILES string of the molecule is CC.CC.CSc1nccc(-c2[nH]ncc2-c2ccccc2)n1. The molecule has 0 aliphatic carbocycles. The molecule has 0 atom stereocenters. The van der Waals surface area contributed by atoms with Crippen LogP contribution in [-0.4, -0.2) is 26.4 Å². The van der Waals surface area contributed by atoms with E-state index in [4.69, 9.17) is 0 Å². The van der Waals surface area contributed by atoms with Crippen molar-refractivity contribution in [3.8, 4) is 22.5 Å². The molecule has 5 heteroatoms. The van der Waals surface area contributed by atoms with Gasteiger partial charge in [-0.05, 0) is 17.9 Å². The zero-order valence-corrected chi connectivity index (χ0v) is 15.2. The lowest BCUT2D eigenvalue weighted by Gasteiger charge is -2.03. The Morgan fingerprint density at radius 1 is 0.957 bits per heavy atom. The van der Waals surface area contributed by atoms with Gasteiger partial charge in [-0.25, -0.2) is 9.97 Å². The fraction of sp³-hybridized carbons (Fsp3) is 0.278. The third kappa shape index (κ3) is 4.93. The fourth-order valence-corrected chi connectivity index (χ4v) is 2.25. The van der Waals surface area contributed by atoms with Crippen LogP contribution in [-0.2, 0) is 0 Å². The summed E-state index contributed by atoms with van der Waals surface area (Å²) < 4.78 is 0. The van der Waals surface area contributed by atoms with E-state index in [0.29, 0.717) is 0 Å². The topological polar surface area (TPSA) is 54.5 Å². The predicted molar refractivity (Wildman–Crippen MR) is 99.5 cm³/mol. The van der Waals surface area contributed by atoms with Crippen molar-refractivity contribution in [1.82, 2.24) is 20.2 Å². The molecule has 0 unspecified atom stereocenters. The van der Waals surface area contributed by atoms with Crippen LogP contribution in [0.2, 0.25) is 0 Å². The van der Waals surface area contributed by atoms with Crippen molar-refractivity contribution >= 4 is 11.8 Å². The van der Waals surface area contributed by atoms with Gasteiger partial charge >= 0.3 is 0 Å². The summed E-state index contributed by atoms with van der Waals surface area (Å²) in [5.74, 6) is 0. The molecule has 0 amide bonds. The first-order valence-corrected chi connectivity index (χ1v) is 9.07. The monoisotopic (exact) mass is 328 g/mol. The van der Waals surface area contributed by atoms with E-state index < -0.39 is 0 Å². The Bertz CT molecular complexity index is 680. The lowest BCUT2D eigenvalue weighted by molar-refractivity contribution is 0.966. The van der Waals surface area contributed by atoms with E-state index in [2.05, 4.69) is 32.3 Å². The van der Waals surface area contributed by atoms with Crippen LogP contribution in [0.5, 0.6) is 0 Å². The lowest BCUT2D eigenvalue weighted by Crippen LogP contribution is -1.90. The van der Waals surface area contributed by atoms with Crippen molar-refractivity contribution in [3.63, 3.8) is 0 Å². The lowest BCUT2D eigenvalue weighted by atomic mass is 10.1. The molecule has 0 aliphatic rings. The standard InChI is InChI=1S/C14H12N4S.2C2H6/c1-19-14-15-8-7-12(17-14)13-11(9-16-18-13)10-5-3-2-4-6-10;2*1-2/h2-9H,1H3,(H,16,18);2*1-2H3. The molecule has 122 valence electrons. The summed E-state index contributed by atoms with van der Waals surface area (Å²) in [6.45, 7) is 8.00. The van der Waals surface area contributed by atoms with E-state index in [1.807, 2.05) is 64.4 Å². The molecule has 3 rings (SSSR count). The fourth-order valence-electron chi connectivity index (χ4n) is 1.90. The van der Waals surface area contributed by atoms with Gasteiger partial charge in [0.1, 0.15) is 0 Å². The largest absolute Gasteiger partial charge is 0.276 e. The molecule has 2 heterocycles. The Kier molecular flexibility index (Phi) is 8.68. The predicted octanol–water partition coefficient (Wildman–Crippen LogP) is 5.31. The van der Waals surface area contributed by atoms with Gasteiger partial charge < -0.3 is 0 Å². The number of benzene rings is 1. The molecule has 0 saturated heterocycles. The maximum Gasteiger partial charge on any atom is 0.187 e. The van der Waals surface area contributed by atoms with Gasteiger partial charge in [0.05, 0.1) is 17.6 Å². The molecule has 23 heavy (non-hydrogen) atoms. The Morgan fingerprint density at radius 3 is 2.30 bits per heavy atom. The van der Waals surface area contributed by atoms with Gasteiger partial charge in [0.25, 0.3) is 0 Å². The quantitative estimate of drug-likeness (QED) is 0.523. The zero-order valence-electron chi connectivity index (χ0n) is 14.4. The molecule has 0 radical (unpaired) electrons. The van der Waals surface area contributed by atoms with Gasteiger partial charge in [0.2, 0.25) is 0 Å². The average molecular weight is 328 g/mol. The number of aromatic amines is 1. The minimum atomic E-state index is 0.756. The number of hydrogen-bond donors (Lipinski definition) is 1. The van der Waals surface area contributed by atoms with E-state index in [0.717, 1.165) is 27.7 Å². The van der Waals surface area contributed by atoms with Crippen molar-refractivity contribution in [2.24, 2.45) is 0 Å². The van der Waals surface area contributed by atoms with Crippen LogP contribution >= 0.6 is 11.8 Å². The van der Waals surface area contributed by atoms with Gasteiger partial charge in [-0.2, -0.15) is 5.10 Å². The first-order valence-electron chi connectivity index (χ1n) is 7.84. The van der Waals surface area contributed by atoms with Crippen LogP contribution in [0.1, 0.15) is 27.7 Å².